The largest absolute Gasteiger partial charge is 0.327 e. The molecule has 0 bridgehead atoms. The molecular weight excluding hydrogens is 246 g/mol. The Morgan fingerprint density at radius 2 is 1.72 bits per heavy atom. The van der Waals surface area contributed by atoms with Gasteiger partial charge in [-0.2, -0.15) is 0 Å². The van der Waals surface area contributed by atoms with Gasteiger partial charge in [0.05, 0.1) is 0 Å². The van der Waals surface area contributed by atoms with E-state index in [9.17, 15) is 8.42 Å². The van der Waals surface area contributed by atoms with Crippen molar-refractivity contribution < 1.29 is 8.42 Å². The molecule has 1 aromatic rings. The minimum absolute atomic E-state index is 0.0351. The van der Waals surface area contributed by atoms with E-state index in [0.717, 1.165) is 12.8 Å². The average Bonchev–Trinajstić information content (AvgIpc) is 2.12. The molecule has 18 heavy (non-hydrogen) atoms. The van der Waals surface area contributed by atoms with Crippen LogP contribution >= 0.6 is 0 Å². The molecule has 1 unspecified atom stereocenters. The predicted octanol–water partition coefficient (Wildman–Crippen LogP) is 2.00. The second-order valence-corrected chi connectivity index (χ2v) is 7.49. The lowest BCUT2D eigenvalue weighted by molar-refractivity contribution is 0.577. The molecule has 0 aliphatic carbocycles. The third-order valence-corrected chi connectivity index (χ3v) is 3.90. The van der Waals surface area contributed by atoms with Crippen molar-refractivity contribution in [3.05, 3.63) is 34.9 Å². The van der Waals surface area contributed by atoms with Gasteiger partial charge in [0, 0.05) is 18.1 Å². The zero-order valence-corrected chi connectivity index (χ0v) is 12.3. The first-order valence-corrected chi connectivity index (χ1v) is 8.33. The first-order valence-electron chi connectivity index (χ1n) is 6.27. The van der Waals surface area contributed by atoms with Gasteiger partial charge in [0.2, 0.25) is 0 Å². The summed E-state index contributed by atoms with van der Waals surface area (Å²) in [4.78, 5) is 0. The molecule has 0 saturated heterocycles. The minimum atomic E-state index is -2.86. The van der Waals surface area contributed by atoms with Gasteiger partial charge < -0.3 is 5.73 Å². The molecule has 1 atom stereocenters. The van der Waals surface area contributed by atoms with Crippen molar-refractivity contribution in [1.82, 2.24) is 0 Å². The maximum atomic E-state index is 11.0. The summed E-state index contributed by atoms with van der Waals surface area (Å²) in [6.45, 7) is 4.15. The monoisotopic (exact) mass is 269 g/mol. The van der Waals surface area contributed by atoms with Crippen LogP contribution in [0.1, 0.15) is 29.5 Å². The van der Waals surface area contributed by atoms with Gasteiger partial charge in [0.25, 0.3) is 0 Å². The van der Waals surface area contributed by atoms with Gasteiger partial charge in [-0.1, -0.05) is 29.3 Å². The maximum absolute atomic E-state index is 11.0. The molecule has 4 heteroatoms. The summed E-state index contributed by atoms with van der Waals surface area (Å²) in [7, 11) is -2.86. The first-order chi connectivity index (χ1) is 8.26. The molecule has 102 valence electrons. The predicted molar refractivity (Wildman–Crippen MR) is 76.5 cm³/mol. The van der Waals surface area contributed by atoms with Crippen molar-refractivity contribution >= 4 is 9.84 Å². The molecule has 0 aromatic heterocycles. The number of sulfone groups is 1. The van der Waals surface area contributed by atoms with Gasteiger partial charge in [0.15, 0.2) is 0 Å². The van der Waals surface area contributed by atoms with Crippen molar-refractivity contribution in [3.8, 4) is 0 Å². The highest BCUT2D eigenvalue weighted by atomic mass is 32.2. The number of nitrogens with two attached hydrogens (primary N) is 1. The van der Waals surface area contributed by atoms with Gasteiger partial charge in [-0.25, -0.2) is 8.42 Å². The molecule has 0 aliphatic heterocycles. The molecule has 0 spiro atoms. The normalized spacial score (nSPS) is 13.6. The minimum Gasteiger partial charge on any atom is -0.327 e. The highest BCUT2D eigenvalue weighted by molar-refractivity contribution is 7.90. The highest BCUT2D eigenvalue weighted by Crippen LogP contribution is 2.12. The molecule has 0 aliphatic rings. The number of hydrogen-bond acceptors (Lipinski definition) is 3. The van der Waals surface area contributed by atoms with Crippen LogP contribution in [0.25, 0.3) is 0 Å². The molecule has 3 nitrogen and oxygen atoms in total. The van der Waals surface area contributed by atoms with E-state index in [1.54, 1.807) is 0 Å². The Labute approximate surface area is 110 Å². The zero-order valence-electron chi connectivity index (χ0n) is 11.4. The maximum Gasteiger partial charge on any atom is 0.147 e. The number of hydrogen-bond donors (Lipinski definition) is 1. The van der Waals surface area contributed by atoms with E-state index in [-0.39, 0.29) is 11.8 Å². The van der Waals surface area contributed by atoms with Crippen molar-refractivity contribution in [1.29, 1.82) is 0 Å². The van der Waals surface area contributed by atoms with E-state index in [2.05, 4.69) is 32.0 Å². The van der Waals surface area contributed by atoms with Crippen LogP contribution < -0.4 is 5.73 Å². The SMILES string of the molecule is Cc1cc(C)cc(CC(N)CCCS(C)(=O)=O)c1. The molecular formula is C14H23NO2S. The Morgan fingerprint density at radius 3 is 2.22 bits per heavy atom. The lowest BCUT2D eigenvalue weighted by atomic mass is 9.99. The smallest absolute Gasteiger partial charge is 0.147 e. The fourth-order valence-corrected chi connectivity index (χ4v) is 2.89. The van der Waals surface area contributed by atoms with Gasteiger partial charge >= 0.3 is 0 Å². The molecule has 0 heterocycles. The van der Waals surface area contributed by atoms with Crippen LogP contribution in [-0.4, -0.2) is 26.5 Å². The molecule has 0 radical (unpaired) electrons. The van der Waals surface area contributed by atoms with Crippen molar-refractivity contribution in [2.45, 2.75) is 39.2 Å². The van der Waals surface area contributed by atoms with Crippen LogP contribution in [0.15, 0.2) is 18.2 Å². The summed E-state index contributed by atoms with van der Waals surface area (Å²) in [6.07, 6.45) is 3.47. The third kappa shape index (κ3) is 6.17. The first kappa shape index (κ1) is 15.2. The van der Waals surface area contributed by atoms with Crippen molar-refractivity contribution in [3.63, 3.8) is 0 Å². The third-order valence-electron chi connectivity index (χ3n) is 2.87. The van der Waals surface area contributed by atoms with E-state index in [0.29, 0.717) is 6.42 Å². The standard InChI is InChI=1S/C14H23NO2S/c1-11-7-12(2)9-13(8-11)10-14(15)5-4-6-18(3,16)17/h7-9,14H,4-6,10,15H2,1-3H3. The fourth-order valence-electron chi connectivity index (χ4n) is 2.20. The van der Waals surface area contributed by atoms with Crippen LogP contribution in [-0.2, 0) is 16.3 Å². The van der Waals surface area contributed by atoms with Crippen LogP contribution in [0.4, 0.5) is 0 Å². The Kier molecular flexibility index (Phi) is 5.35. The topological polar surface area (TPSA) is 60.2 Å². The van der Waals surface area contributed by atoms with Crippen LogP contribution in [0.5, 0.6) is 0 Å². The Hall–Kier alpha value is -0.870. The lowest BCUT2D eigenvalue weighted by Gasteiger charge is -2.12. The van der Waals surface area contributed by atoms with Crippen LogP contribution in [0, 0.1) is 13.8 Å². The van der Waals surface area contributed by atoms with Crippen LogP contribution in [0.3, 0.4) is 0 Å². The van der Waals surface area contributed by atoms with Crippen molar-refractivity contribution in [2.75, 3.05) is 12.0 Å². The molecule has 0 amide bonds. The summed E-state index contributed by atoms with van der Waals surface area (Å²) in [5.74, 6) is 0.230. The van der Waals surface area contributed by atoms with Gasteiger partial charge in [-0.15, -0.1) is 0 Å². The van der Waals surface area contributed by atoms with Gasteiger partial charge in [0.1, 0.15) is 9.84 Å². The second-order valence-electron chi connectivity index (χ2n) is 5.23. The zero-order chi connectivity index (χ0) is 13.8. The average molecular weight is 269 g/mol. The number of aryl methyl sites for hydroxylation is 2. The Balaban J connectivity index is 2.47. The summed E-state index contributed by atoms with van der Waals surface area (Å²) in [6, 6.07) is 6.46. The quantitative estimate of drug-likeness (QED) is 0.859. The molecule has 1 aromatic carbocycles. The van der Waals surface area contributed by atoms with E-state index in [1.807, 2.05) is 0 Å². The molecule has 2 N–H and O–H groups in total. The second kappa shape index (κ2) is 6.34. The Bertz CT molecular complexity index is 474. The van der Waals surface area contributed by atoms with E-state index in [1.165, 1.54) is 22.9 Å². The summed E-state index contributed by atoms with van der Waals surface area (Å²) in [5, 5.41) is 0. The van der Waals surface area contributed by atoms with E-state index >= 15 is 0 Å². The number of benzene rings is 1. The summed E-state index contributed by atoms with van der Waals surface area (Å²) >= 11 is 0. The highest BCUT2D eigenvalue weighted by Gasteiger charge is 2.08. The van der Waals surface area contributed by atoms with Crippen molar-refractivity contribution in [2.24, 2.45) is 5.73 Å². The number of rotatable bonds is 6. The fraction of sp³-hybridized carbons (Fsp3) is 0.571. The van der Waals surface area contributed by atoms with Gasteiger partial charge in [-0.05, 0) is 38.7 Å². The van der Waals surface area contributed by atoms with E-state index in [4.69, 9.17) is 5.73 Å². The summed E-state index contributed by atoms with van der Waals surface area (Å²) < 4.78 is 22.0. The Morgan fingerprint density at radius 1 is 1.17 bits per heavy atom. The molecule has 1 rings (SSSR count). The van der Waals surface area contributed by atoms with E-state index < -0.39 is 9.84 Å². The molecule has 0 fully saturated rings. The van der Waals surface area contributed by atoms with Gasteiger partial charge in [-0.3, -0.25) is 0 Å². The molecule has 0 saturated carbocycles. The lowest BCUT2D eigenvalue weighted by Crippen LogP contribution is -2.23. The summed E-state index contributed by atoms with van der Waals surface area (Å²) in [5.41, 5.74) is 9.76. The van der Waals surface area contributed by atoms with Crippen LogP contribution in [0.2, 0.25) is 0 Å².